The normalized spacial score (nSPS) is 15.4. The average molecular weight is 340 g/mol. The third-order valence-corrected chi connectivity index (χ3v) is 4.86. The number of sulfonamides is 1. The molecular weight excluding hydrogens is 325 g/mol. The molecule has 1 aromatic carbocycles. The summed E-state index contributed by atoms with van der Waals surface area (Å²) >= 11 is 3.06. The van der Waals surface area contributed by atoms with Gasteiger partial charge in [-0.25, -0.2) is 17.5 Å². The Kier molecular flexibility index (Phi) is 4.88. The first-order chi connectivity index (χ1) is 8.24. The van der Waals surface area contributed by atoms with E-state index in [-0.39, 0.29) is 6.61 Å². The Morgan fingerprint density at radius 1 is 1.50 bits per heavy atom. The van der Waals surface area contributed by atoms with Crippen LogP contribution in [0.5, 0.6) is 0 Å². The lowest BCUT2D eigenvalue weighted by atomic mass is 10.0. The van der Waals surface area contributed by atoms with Crippen molar-refractivity contribution in [1.82, 2.24) is 4.72 Å². The molecule has 1 rings (SSSR count). The van der Waals surface area contributed by atoms with Crippen molar-refractivity contribution in [3.8, 4) is 0 Å². The van der Waals surface area contributed by atoms with Crippen LogP contribution in [0, 0.1) is 5.82 Å². The lowest BCUT2D eigenvalue weighted by Gasteiger charge is -2.26. The van der Waals surface area contributed by atoms with E-state index < -0.39 is 26.3 Å². The van der Waals surface area contributed by atoms with E-state index in [1.165, 1.54) is 12.1 Å². The van der Waals surface area contributed by atoms with E-state index in [2.05, 4.69) is 20.7 Å². The number of rotatable bonds is 5. The molecule has 2 N–H and O–H groups in total. The van der Waals surface area contributed by atoms with Crippen LogP contribution in [0.3, 0.4) is 0 Å². The number of halogens is 2. The number of nitrogens with one attached hydrogen (secondary N) is 1. The highest BCUT2D eigenvalue weighted by Crippen LogP contribution is 2.21. The van der Waals surface area contributed by atoms with Gasteiger partial charge in [0, 0.05) is 4.47 Å². The molecule has 0 fully saturated rings. The number of aliphatic hydroxyl groups is 1. The predicted molar refractivity (Wildman–Crippen MR) is 70.2 cm³/mol. The van der Waals surface area contributed by atoms with E-state index in [1.807, 2.05) is 0 Å². The van der Waals surface area contributed by atoms with Crippen molar-refractivity contribution < 1.29 is 17.9 Å². The Hall–Kier alpha value is -0.500. The molecule has 1 atom stereocenters. The van der Waals surface area contributed by atoms with Crippen LogP contribution >= 0.6 is 15.9 Å². The smallest absolute Gasteiger partial charge is 0.244 e. The van der Waals surface area contributed by atoms with Crippen molar-refractivity contribution in [1.29, 1.82) is 0 Å². The lowest BCUT2D eigenvalue weighted by molar-refractivity contribution is 0.191. The monoisotopic (exact) mass is 339 g/mol. The van der Waals surface area contributed by atoms with Crippen LogP contribution in [0.25, 0.3) is 0 Å². The molecule has 0 saturated carbocycles. The van der Waals surface area contributed by atoms with Crippen molar-refractivity contribution in [2.24, 2.45) is 0 Å². The summed E-state index contributed by atoms with van der Waals surface area (Å²) in [6.07, 6.45) is 0.390. The molecule has 0 spiro atoms. The molecule has 7 heteroatoms. The van der Waals surface area contributed by atoms with Gasteiger partial charge in [0.05, 0.1) is 12.1 Å². The molecular formula is C11H15BrFNO3S. The summed E-state index contributed by atoms with van der Waals surface area (Å²) in [6, 6.07) is 3.70. The molecule has 1 aromatic rings. The molecule has 0 aliphatic carbocycles. The zero-order valence-electron chi connectivity index (χ0n) is 10.1. The average Bonchev–Trinajstić information content (AvgIpc) is 2.27. The van der Waals surface area contributed by atoms with Crippen molar-refractivity contribution >= 4 is 26.0 Å². The van der Waals surface area contributed by atoms with Gasteiger partial charge in [-0.3, -0.25) is 0 Å². The van der Waals surface area contributed by atoms with Crippen LogP contribution < -0.4 is 4.72 Å². The number of hydrogen-bond donors (Lipinski definition) is 2. The van der Waals surface area contributed by atoms with Crippen LogP contribution in [0.15, 0.2) is 27.6 Å². The largest absolute Gasteiger partial charge is 0.394 e. The molecule has 0 aliphatic rings. The topological polar surface area (TPSA) is 66.4 Å². The second-order valence-electron chi connectivity index (χ2n) is 4.25. The summed E-state index contributed by atoms with van der Waals surface area (Å²) in [5.74, 6) is -0.840. The van der Waals surface area contributed by atoms with Crippen LogP contribution in [0.2, 0.25) is 0 Å². The molecule has 102 valence electrons. The maximum Gasteiger partial charge on any atom is 0.244 e. The fraction of sp³-hybridized carbons (Fsp3) is 0.455. The second-order valence-corrected chi connectivity index (χ2v) is 6.82. The number of aliphatic hydroxyl groups excluding tert-OH is 1. The SMILES string of the molecule is CCC(C)(CO)NS(=O)(=O)c1ccc(Br)cc1F. The van der Waals surface area contributed by atoms with Crippen LogP contribution in [-0.4, -0.2) is 25.7 Å². The Balaban J connectivity index is 3.15. The zero-order valence-corrected chi connectivity index (χ0v) is 12.5. The molecule has 18 heavy (non-hydrogen) atoms. The molecule has 0 saturated heterocycles. The van der Waals surface area contributed by atoms with E-state index in [1.54, 1.807) is 13.8 Å². The van der Waals surface area contributed by atoms with Gasteiger partial charge in [0.25, 0.3) is 0 Å². The number of benzene rings is 1. The zero-order chi connectivity index (χ0) is 14.0. The Morgan fingerprint density at radius 3 is 2.56 bits per heavy atom. The summed E-state index contributed by atoms with van der Waals surface area (Å²) in [4.78, 5) is -0.432. The van der Waals surface area contributed by atoms with Gasteiger partial charge < -0.3 is 5.11 Å². The lowest BCUT2D eigenvalue weighted by Crippen LogP contribution is -2.48. The van der Waals surface area contributed by atoms with Crippen molar-refractivity contribution in [2.75, 3.05) is 6.61 Å². The summed E-state index contributed by atoms with van der Waals surface area (Å²) < 4.78 is 40.4. The fourth-order valence-corrected chi connectivity index (χ4v) is 3.15. The molecule has 0 aliphatic heterocycles. The van der Waals surface area contributed by atoms with Crippen LogP contribution in [-0.2, 0) is 10.0 Å². The van der Waals surface area contributed by atoms with E-state index in [4.69, 9.17) is 0 Å². The summed E-state index contributed by atoms with van der Waals surface area (Å²) in [5.41, 5.74) is -1.00. The summed E-state index contributed by atoms with van der Waals surface area (Å²) in [7, 11) is -4.00. The molecule has 0 bridgehead atoms. The van der Waals surface area contributed by atoms with Crippen LogP contribution in [0.1, 0.15) is 20.3 Å². The van der Waals surface area contributed by atoms with Gasteiger partial charge in [-0.2, -0.15) is 0 Å². The van der Waals surface area contributed by atoms with Gasteiger partial charge in [0.2, 0.25) is 10.0 Å². The second kappa shape index (κ2) is 5.64. The highest BCUT2D eigenvalue weighted by Gasteiger charge is 2.30. The fourth-order valence-electron chi connectivity index (χ4n) is 1.29. The van der Waals surface area contributed by atoms with Gasteiger partial charge in [-0.1, -0.05) is 22.9 Å². The van der Waals surface area contributed by atoms with Gasteiger partial charge in [0.15, 0.2) is 0 Å². The number of hydrogen-bond acceptors (Lipinski definition) is 3. The van der Waals surface area contributed by atoms with E-state index in [0.717, 1.165) is 6.07 Å². The molecule has 0 radical (unpaired) electrons. The third kappa shape index (κ3) is 3.50. The Morgan fingerprint density at radius 2 is 2.11 bits per heavy atom. The summed E-state index contributed by atoms with van der Waals surface area (Å²) in [6.45, 7) is 2.93. The van der Waals surface area contributed by atoms with Crippen molar-refractivity contribution in [2.45, 2.75) is 30.7 Å². The third-order valence-electron chi connectivity index (χ3n) is 2.69. The first kappa shape index (κ1) is 15.6. The van der Waals surface area contributed by atoms with Crippen molar-refractivity contribution in [3.63, 3.8) is 0 Å². The van der Waals surface area contributed by atoms with E-state index in [9.17, 15) is 17.9 Å². The van der Waals surface area contributed by atoms with Crippen molar-refractivity contribution in [3.05, 3.63) is 28.5 Å². The molecule has 1 unspecified atom stereocenters. The minimum Gasteiger partial charge on any atom is -0.394 e. The van der Waals surface area contributed by atoms with Crippen LogP contribution in [0.4, 0.5) is 4.39 Å². The van der Waals surface area contributed by atoms with Gasteiger partial charge >= 0.3 is 0 Å². The first-order valence-electron chi connectivity index (χ1n) is 5.34. The standard InChI is InChI=1S/C11H15BrFNO3S/c1-3-11(2,7-15)14-18(16,17)10-5-4-8(12)6-9(10)13/h4-6,14-15H,3,7H2,1-2H3. The first-order valence-corrected chi connectivity index (χ1v) is 7.61. The van der Waals surface area contributed by atoms with Gasteiger partial charge in [-0.05, 0) is 31.5 Å². The molecule has 0 heterocycles. The maximum atomic E-state index is 13.6. The Labute approximate surface area is 114 Å². The molecule has 0 amide bonds. The van der Waals surface area contributed by atoms with E-state index in [0.29, 0.717) is 10.9 Å². The quantitative estimate of drug-likeness (QED) is 0.862. The summed E-state index contributed by atoms with van der Waals surface area (Å²) in [5, 5.41) is 9.18. The highest BCUT2D eigenvalue weighted by molar-refractivity contribution is 9.10. The molecule has 0 aromatic heterocycles. The highest BCUT2D eigenvalue weighted by atomic mass is 79.9. The minimum atomic E-state index is -4.00. The predicted octanol–water partition coefficient (Wildman–Crippen LogP) is 2.03. The van der Waals surface area contributed by atoms with Gasteiger partial charge in [0.1, 0.15) is 10.7 Å². The van der Waals surface area contributed by atoms with E-state index >= 15 is 0 Å². The maximum absolute atomic E-state index is 13.6. The minimum absolute atomic E-state index is 0.360. The Bertz CT molecular complexity index is 529. The molecule has 4 nitrogen and oxygen atoms in total. The van der Waals surface area contributed by atoms with Gasteiger partial charge in [-0.15, -0.1) is 0 Å².